The Hall–Kier alpha value is -2.04. The molecule has 3 N–H and O–H groups in total. The van der Waals surface area contributed by atoms with E-state index in [-0.39, 0.29) is 5.75 Å². The summed E-state index contributed by atoms with van der Waals surface area (Å²) >= 11 is 0. The summed E-state index contributed by atoms with van der Waals surface area (Å²) in [7, 11) is 0. The third-order valence-corrected chi connectivity index (χ3v) is 2.10. The predicted molar refractivity (Wildman–Crippen MR) is 56.7 cm³/mol. The summed E-state index contributed by atoms with van der Waals surface area (Å²) < 4.78 is 4.67. The molecule has 1 atom stereocenters. The SMILES string of the molecule is C[C@H](C(=O)OCC(N)=O)c1ccc(O)cc1. The number of amides is 1. The van der Waals surface area contributed by atoms with Crippen LogP contribution in [0.1, 0.15) is 18.4 Å². The lowest BCUT2D eigenvalue weighted by molar-refractivity contribution is -0.148. The molecule has 0 saturated carbocycles. The van der Waals surface area contributed by atoms with Crippen LogP contribution in [0.2, 0.25) is 0 Å². The molecule has 1 rings (SSSR count). The number of hydrogen-bond donors (Lipinski definition) is 2. The standard InChI is InChI=1S/C11H13NO4/c1-7(11(15)16-6-10(12)14)8-2-4-9(13)5-3-8/h2-5,7,13H,6H2,1H3,(H2,12,14)/t7-/m0/s1. The lowest BCUT2D eigenvalue weighted by Crippen LogP contribution is -2.23. The molecular formula is C11H13NO4. The Balaban J connectivity index is 2.63. The third-order valence-electron chi connectivity index (χ3n) is 2.10. The van der Waals surface area contributed by atoms with E-state index in [2.05, 4.69) is 4.74 Å². The highest BCUT2D eigenvalue weighted by atomic mass is 16.5. The Morgan fingerprint density at radius 3 is 2.44 bits per heavy atom. The van der Waals surface area contributed by atoms with Gasteiger partial charge in [0.1, 0.15) is 5.75 Å². The quantitative estimate of drug-likeness (QED) is 0.728. The summed E-state index contributed by atoms with van der Waals surface area (Å²) in [5.41, 5.74) is 5.55. The van der Waals surface area contributed by atoms with Crippen LogP contribution in [0.15, 0.2) is 24.3 Å². The van der Waals surface area contributed by atoms with E-state index in [1.165, 1.54) is 12.1 Å². The van der Waals surface area contributed by atoms with E-state index in [9.17, 15) is 9.59 Å². The van der Waals surface area contributed by atoms with Crippen molar-refractivity contribution in [2.75, 3.05) is 6.61 Å². The van der Waals surface area contributed by atoms with Crippen molar-refractivity contribution < 1.29 is 19.4 Å². The molecule has 0 heterocycles. The molecule has 0 saturated heterocycles. The van der Waals surface area contributed by atoms with Gasteiger partial charge in [0, 0.05) is 0 Å². The van der Waals surface area contributed by atoms with Crippen LogP contribution in [0, 0.1) is 0 Å². The van der Waals surface area contributed by atoms with Crippen LogP contribution in [0.5, 0.6) is 5.75 Å². The largest absolute Gasteiger partial charge is 0.508 e. The molecule has 1 aromatic carbocycles. The number of benzene rings is 1. The highest BCUT2D eigenvalue weighted by Gasteiger charge is 2.17. The molecule has 5 nitrogen and oxygen atoms in total. The number of carbonyl (C=O) groups excluding carboxylic acids is 2. The molecule has 0 radical (unpaired) electrons. The first-order valence-electron chi connectivity index (χ1n) is 4.74. The number of esters is 1. The summed E-state index contributed by atoms with van der Waals surface area (Å²) in [6, 6.07) is 6.19. The van der Waals surface area contributed by atoms with Crippen LogP contribution in [0.4, 0.5) is 0 Å². The smallest absolute Gasteiger partial charge is 0.313 e. The van der Waals surface area contributed by atoms with Gasteiger partial charge in [-0.05, 0) is 24.6 Å². The maximum atomic E-state index is 11.4. The van der Waals surface area contributed by atoms with Gasteiger partial charge in [0.15, 0.2) is 6.61 Å². The van der Waals surface area contributed by atoms with Crippen LogP contribution >= 0.6 is 0 Å². The Labute approximate surface area is 92.8 Å². The van der Waals surface area contributed by atoms with Gasteiger partial charge in [0.25, 0.3) is 5.91 Å². The van der Waals surface area contributed by atoms with Gasteiger partial charge in [-0.25, -0.2) is 0 Å². The first kappa shape index (κ1) is 12.0. The second-order valence-corrected chi connectivity index (χ2v) is 3.39. The van der Waals surface area contributed by atoms with Crippen molar-refractivity contribution in [1.29, 1.82) is 0 Å². The Morgan fingerprint density at radius 2 is 1.94 bits per heavy atom. The third kappa shape index (κ3) is 3.27. The molecule has 0 spiro atoms. The fourth-order valence-corrected chi connectivity index (χ4v) is 1.17. The zero-order valence-electron chi connectivity index (χ0n) is 8.84. The number of phenolic OH excluding ortho intramolecular Hbond substituents is 1. The number of phenols is 1. The van der Waals surface area contributed by atoms with E-state index in [1.807, 2.05) is 0 Å². The van der Waals surface area contributed by atoms with E-state index < -0.39 is 24.4 Å². The molecule has 0 aromatic heterocycles. The summed E-state index contributed by atoms with van der Waals surface area (Å²) in [6.45, 7) is 1.23. The molecule has 1 amide bonds. The highest BCUT2D eigenvalue weighted by Crippen LogP contribution is 2.19. The summed E-state index contributed by atoms with van der Waals surface area (Å²) in [4.78, 5) is 21.9. The average molecular weight is 223 g/mol. The van der Waals surface area contributed by atoms with E-state index in [0.717, 1.165) is 0 Å². The zero-order chi connectivity index (χ0) is 12.1. The highest BCUT2D eigenvalue weighted by molar-refractivity contribution is 5.82. The topological polar surface area (TPSA) is 89.6 Å². The van der Waals surface area contributed by atoms with Gasteiger partial charge >= 0.3 is 5.97 Å². The molecule has 1 aromatic rings. The number of aromatic hydroxyl groups is 1. The molecule has 86 valence electrons. The van der Waals surface area contributed by atoms with Crippen LogP contribution in [0.25, 0.3) is 0 Å². The van der Waals surface area contributed by atoms with Gasteiger partial charge in [-0.2, -0.15) is 0 Å². The van der Waals surface area contributed by atoms with Gasteiger partial charge in [0.05, 0.1) is 5.92 Å². The number of carbonyl (C=O) groups is 2. The van der Waals surface area contributed by atoms with Gasteiger partial charge in [-0.3, -0.25) is 9.59 Å². The van der Waals surface area contributed by atoms with Crippen molar-refractivity contribution in [1.82, 2.24) is 0 Å². The number of rotatable bonds is 4. The average Bonchev–Trinajstić information content (AvgIpc) is 2.26. The Kier molecular flexibility index (Phi) is 3.88. The van der Waals surface area contributed by atoms with Crippen molar-refractivity contribution >= 4 is 11.9 Å². The Bertz CT molecular complexity index is 385. The molecule has 0 aliphatic carbocycles. The van der Waals surface area contributed by atoms with Crippen molar-refractivity contribution in [3.05, 3.63) is 29.8 Å². The minimum atomic E-state index is -0.689. The van der Waals surface area contributed by atoms with Crippen molar-refractivity contribution in [2.24, 2.45) is 5.73 Å². The van der Waals surface area contributed by atoms with E-state index >= 15 is 0 Å². The molecule has 0 aliphatic rings. The van der Waals surface area contributed by atoms with Crippen LogP contribution in [-0.4, -0.2) is 23.6 Å². The minimum absolute atomic E-state index is 0.126. The van der Waals surface area contributed by atoms with E-state index in [4.69, 9.17) is 10.8 Å². The molecule has 0 aliphatic heterocycles. The molecule has 0 unspecified atom stereocenters. The van der Waals surface area contributed by atoms with E-state index in [0.29, 0.717) is 5.56 Å². The van der Waals surface area contributed by atoms with Gasteiger partial charge in [-0.15, -0.1) is 0 Å². The lowest BCUT2D eigenvalue weighted by atomic mass is 10.0. The zero-order valence-corrected chi connectivity index (χ0v) is 8.84. The van der Waals surface area contributed by atoms with Crippen LogP contribution in [-0.2, 0) is 14.3 Å². The number of ether oxygens (including phenoxy) is 1. The minimum Gasteiger partial charge on any atom is -0.508 e. The maximum Gasteiger partial charge on any atom is 0.313 e. The molecule has 5 heteroatoms. The van der Waals surface area contributed by atoms with Gasteiger partial charge < -0.3 is 15.6 Å². The predicted octanol–water partition coefficient (Wildman–Crippen LogP) is 0.524. The first-order chi connectivity index (χ1) is 7.50. The normalized spacial score (nSPS) is 11.8. The molecule has 16 heavy (non-hydrogen) atoms. The van der Waals surface area contributed by atoms with Crippen molar-refractivity contribution in [3.63, 3.8) is 0 Å². The van der Waals surface area contributed by atoms with Crippen molar-refractivity contribution in [2.45, 2.75) is 12.8 Å². The second kappa shape index (κ2) is 5.16. The summed E-state index contributed by atoms with van der Waals surface area (Å²) in [6.07, 6.45) is 0. The molecular weight excluding hydrogens is 210 g/mol. The fourth-order valence-electron chi connectivity index (χ4n) is 1.17. The van der Waals surface area contributed by atoms with Crippen LogP contribution in [0.3, 0.4) is 0 Å². The summed E-state index contributed by atoms with van der Waals surface area (Å²) in [5.74, 6) is -1.59. The molecule has 0 fully saturated rings. The number of hydrogen-bond acceptors (Lipinski definition) is 4. The van der Waals surface area contributed by atoms with Gasteiger partial charge in [-0.1, -0.05) is 12.1 Å². The monoisotopic (exact) mass is 223 g/mol. The molecule has 0 bridgehead atoms. The van der Waals surface area contributed by atoms with E-state index in [1.54, 1.807) is 19.1 Å². The lowest BCUT2D eigenvalue weighted by Gasteiger charge is -2.10. The second-order valence-electron chi connectivity index (χ2n) is 3.39. The number of primary amides is 1. The number of nitrogens with two attached hydrogens (primary N) is 1. The van der Waals surface area contributed by atoms with Gasteiger partial charge in [0.2, 0.25) is 0 Å². The maximum absolute atomic E-state index is 11.4. The Morgan fingerprint density at radius 1 is 1.38 bits per heavy atom. The first-order valence-corrected chi connectivity index (χ1v) is 4.74. The fraction of sp³-hybridized carbons (Fsp3) is 0.273. The van der Waals surface area contributed by atoms with Crippen LogP contribution < -0.4 is 5.73 Å². The van der Waals surface area contributed by atoms with Crippen molar-refractivity contribution in [3.8, 4) is 5.75 Å². The summed E-state index contributed by atoms with van der Waals surface area (Å²) in [5, 5.41) is 9.08.